The summed E-state index contributed by atoms with van der Waals surface area (Å²) in [6.07, 6.45) is 0.0965. The molecule has 0 rings (SSSR count). The molecule has 0 aliphatic heterocycles. The molecule has 0 fully saturated rings. The Balaban J connectivity index is 3.38. The molecule has 156 valence electrons. The van der Waals surface area contributed by atoms with Crippen LogP contribution in [0.4, 0.5) is 0 Å². The van der Waals surface area contributed by atoms with Gasteiger partial charge < -0.3 is 29.4 Å². The van der Waals surface area contributed by atoms with E-state index in [9.17, 15) is 9.59 Å². The highest BCUT2D eigenvalue weighted by atomic mass is 16.6. The molecule has 0 saturated carbocycles. The number of carbonyl (C=O) groups is 2. The van der Waals surface area contributed by atoms with E-state index >= 15 is 0 Å². The van der Waals surface area contributed by atoms with E-state index in [0.29, 0.717) is 52.8 Å². The molecule has 27 heavy (non-hydrogen) atoms. The average molecular weight is 390 g/mol. The number of amides is 1. The number of hydrogen-bond acceptors (Lipinski definition) is 7. The number of carboxylic acid groups (broad SMARTS) is 1. The van der Waals surface area contributed by atoms with E-state index in [0.717, 1.165) is 0 Å². The van der Waals surface area contributed by atoms with Gasteiger partial charge >= 0.3 is 5.97 Å². The maximum atomic E-state index is 11.7. The van der Waals surface area contributed by atoms with Crippen molar-refractivity contribution in [2.45, 2.75) is 26.3 Å². The van der Waals surface area contributed by atoms with Gasteiger partial charge in [0.2, 0.25) is 5.91 Å². The van der Waals surface area contributed by atoms with Crippen LogP contribution in [0.15, 0.2) is 5.11 Å². The van der Waals surface area contributed by atoms with Gasteiger partial charge in [-0.15, -0.1) is 0 Å². The van der Waals surface area contributed by atoms with Crippen LogP contribution in [0.25, 0.3) is 10.4 Å². The number of carbonyl (C=O) groups excluding carboxylic acids is 1. The minimum absolute atomic E-state index is 0.0965. The van der Waals surface area contributed by atoms with Gasteiger partial charge in [0, 0.05) is 17.9 Å². The van der Waals surface area contributed by atoms with E-state index in [1.54, 1.807) is 13.8 Å². The van der Waals surface area contributed by atoms with Crippen LogP contribution in [-0.4, -0.2) is 82.4 Å². The molecule has 0 saturated heterocycles. The third-order valence-electron chi connectivity index (χ3n) is 3.24. The fourth-order valence-electron chi connectivity index (χ4n) is 1.84. The molecular formula is C16H30N4O7. The smallest absolute Gasteiger partial charge is 0.326 e. The molecule has 11 heteroatoms. The molecule has 0 spiro atoms. The monoisotopic (exact) mass is 390 g/mol. The first-order chi connectivity index (χ1) is 13.0. The second-order valence-electron chi connectivity index (χ2n) is 5.78. The number of ether oxygens (including phenoxy) is 4. The molecule has 0 aliphatic carbocycles. The Morgan fingerprint density at radius 3 is 1.89 bits per heavy atom. The van der Waals surface area contributed by atoms with Crippen molar-refractivity contribution in [3.05, 3.63) is 10.4 Å². The van der Waals surface area contributed by atoms with E-state index in [1.807, 2.05) is 0 Å². The maximum absolute atomic E-state index is 11.7. The Morgan fingerprint density at radius 1 is 0.963 bits per heavy atom. The van der Waals surface area contributed by atoms with Gasteiger partial charge in [0.25, 0.3) is 0 Å². The molecule has 1 amide bonds. The Labute approximate surface area is 158 Å². The van der Waals surface area contributed by atoms with Gasteiger partial charge in [0.05, 0.1) is 52.9 Å². The molecule has 0 aliphatic rings. The molecule has 0 heterocycles. The zero-order valence-electron chi connectivity index (χ0n) is 16.0. The first-order valence-corrected chi connectivity index (χ1v) is 8.83. The van der Waals surface area contributed by atoms with E-state index in [2.05, 4.69) is 15.3 Å². The molecule has 0 aromatic heterocycles. The van der Waals surface area contributed by atoms with Crippen molar-refractivity contribution in [2.75, 3.05) is 59.4 Å². The molecule has 2 N–H and O–H groups in total. The Bertz CT molecular complexity index is 456. The van der Waals surface area contributed by atoms with E-state index in [-0.39, 0.29) is 24.9 Å². The molecule has 0 aromatic carbocycles. The number of aliphatic carboxylic acids is 1. The molecule has 0 bridgehead atoms. The van der Waals surface area contributed by atoms with E-state index in [1.165, 1.54) is 0 Å². The number of nitrogens with zero attached hydrogens (tertiary/aromatic N) is 3. The fourth-order valence-corrected chi connectivity index (χ4v) is 1.84. The van der Waals surface area contributed by atoms with Crippen LogP contribution in [0.3, 0.4) is 0 Å². The summed E-state index contributed by atoms with van der Waals surface area (Å²) in [7, 11) is 0. The Hall–Kier alpha value is -1.91. The summed E-state index contributed by atoms with van der Waals surface area (Å²) in [5.41, 5.74) is 8.07. The number of azide groups is 1. The lowest BCUT2D eigenvalue weighted by molar-refractivity contribution is -0.143. The molecule has 0 radical (unpaired) electrons. The largest absolute Gasteiger partial charge is 0.480 e. The third-order valence-corrected chi connectivity index (χ3v) is 3.24. The second-order valence-corrected chi connectivity index (χ2v) is 5.78. The summed E-state index contributed by atoms with van der Waals surface area (Å²) in [6.45, 7) is 6.73. The summed E-state index contributed by atoms with van der Waals surface area (Å²) in [5.74, 6) is -1.59. The predicted molar refractivity (Wildman–Crippen MR) is 96.3 cm³/mol. The van der Waals surface area contributed by atoms with Crippen molar-refractivity contribution >= 4 is 11.9 Å². The van der Waals surface area contributed by atoms with Crippen LogP contribution in [-0.2, 0) is 28.5 Å². The zero-order valence-corrected chi connectivity index (χ0v) is 16.0. The van der Waals surface area contributed by atoms with Crippen LogP contribution in [0, 0.1) is 5.92 Å². The van der Waals surface area contributed by atoms with Crippen LogP contribution in [0.1, 0.15) is 20.3 Å². The topological polar surface area (TPSA) is 152 Å². The van der Waals surface area contributed by atoms with Crippen molar-refractivity contribution in [3.63, 3.8) is 0 Å². The minimum Gasteiger partial charge on any atom is -0.480 e. The number of nitrogens with one attached hydrogen (secondary N) is 1. The quantitative estimate of drug-likeness (QED) is 0.153. The fraction of sp³-hybridized carbons (Fsp3) is 0.875. The summed E-state index contributed by atoms with van der Waals surface area (Å²) in [4.78, 5) is 25.3. The lowest BCUT2D eigenvalue weighted by Crippen LogP contribution is -2.44. The Kier molecular flexibility index (Phi) is 16.3. The number of hydrogen-bond donors (Lipinski definition) is 2. The van der Waals surface area contributed by atoms with E-state index < -0.39 is 12.0 Å². The summed E-state index contributed by atoms with van der Waals surface area (Å²) >= 11 is 0. The van der Waals surface area contributed by atoms with Crippen LogP contribution < -0.4 is 5.32 Å². The minimum atomic E-state index is -1.05. The molecular weight excluding hydrogens is 360 g/mol. The molecule has 0 unspecified atom stereocenters. The highest BCUT2D eigenvalue weighted by Crippen LogP contribution is 2.02. The normalized spacial score (nSPS) is 11.8. The van der Waals surface area contributed by atoms with Crippen molar-refractivity contribution in [3.8, 4) is 0 Å². The van der Waals surface area contributed by atoms with Crippen molar-refractivity contribution in [1.29, 1.82) is 0 Å². The van der Waals surface area contributed by atoms with Crippen molar-refractivity contribution in [2.24, 2.45) is 11.0 Å². The first-order valence-electron chi connectivity index (χ1n) is 8.83. The molecule has 0 aromatic rings. The Morgan fingerprint density at radius 2 is 1.44 bits per heavy atom. The predicted octanol–water partition coefficient (Wildman–Crippen LogP) is 0.979. The second kappa shape index (κ2) is 17.5. The SMILES string of the molecule is CC(C)[C@H](NC(=O)CCOCCOCCOCCOCCN=[N+]=[N-])C(=O)O. The van der Waals surface area contributed by atoms with Crippen molar-refractivity contribution < 1.29 is 33.6 Å². The van der Waals surface area contributed by atoms with Gasteiger partial charge in [-0.2, -0.15) is 0 Å². The highest BCUT2D eigenvalue weighted by Gasteiger charge is 2.22. The van der Waals surface area contributed by atoms with Gasteiger partial charge in [0.1, 0.15) is 6.04 Å². The lowest BCUT2D eigenvalue weighted by atomic mass is 10.0. The molecule has 11 nitrogen and oxygen atoms in total. The van der Waals surface area contributed by atoms with Crippen LogP contribution in [0.2, 0.25) is 0 Å². The van der Waals surface area contributed by atoms with Crippen LogP contribution in [0.5, 0.6) is 0 Å². The lowest BCUT2D eigenvalue weighted by Gasteiger charge is -2.17. The molecule has 1 atom stereocenters. The van der Waals surface area contributed by atoms with Crippen LogP contribution >= 0.6 is 0 Å². The summed E-state index contributed by atoms with van der Waals surface area (Å²) in [6, 6.07) is -0.891. The highest BCUT2D eigenvalue weighted by molar-refractivity contribution is 5.83. The van der Waals surface area contributed by atoms with Gasteiger partial charge in [-0.25, -0.2) is 4.79 Å². The van der Waals surface area contributed by atoms with Gasteiger partial charge in [0.15, 0.2) is 0 Å². The summed E-state index contributed by atoms with van der Waals surface area (Å²) in [5, 5.41) is 14.8. The third kappa shape index (κ3) is 16.0. The first kappa shape index (κ1) is 25.1. The standard InChI is InChI=1S/C16H30N4O7/c1-13(2)15(16(22)23)19-14(21)3-5-24-7-9-26-11-12-27-10-8-25-6-4-18-20-17/h13,15H,3-12H2,1-2H3,(H,19,21)(H,22,23)/t15-/m0/s1. The maximum Gasteiger partial charge on any atom is 0.326 e. The van der Waals surface area contributed by atoms with Gasteiger partial charge in [-0.1, -0.05) is 19.0 Å². The van der Waals surface area contributed by atoms with Crippen molar-refractivity contribution in [1.82, 2.24) is 5.32 Å². The van der Waals surface area contributed by atoms with E-state index in [4.69, 9.17) is 29.6 Å². The number of carboxylic acids is 1. The van der Waals surface area contributed by atoms with Gasteiger partial charge in [-0.05, 0) is 11.4 Å². The summed E-state index contributed by atoms with van der Waals surface area (Å²) < 4.78 is 21.0. The van der Waals surface area contributed by atoms with Gasteiger partial charge in [-0.3, -0.25) is 4.79 Å². The zero-order chi connectivity index (χ0) is 20.3. The average Bonchev–Trinajstić information content (AvgIpc) is 2.62. The number of rotatable bonds is 18.